The zero-order valence-corrected chi connectivity index (χ0v) is 10.2. The van der Waals surface area contributed by atoms with Crippen molar-refractivity contribution in [1.29, 1.82) is 0 Å². The summed E-state index contributed by atoms with van der Waals surface area (Å²) < 4.78 is 0. The lowest BCUT2D eigenvalue weighted by Crippen LogP contribution is -2.69. The van der Waals surface area contributed by atoms with Crippen molar-refractivity contribution < 1.29 is 19.7 Å². The lowest BCUT2D eigenvalue weighted by Gasteiger charge is -2.56. The fraction of sp³-hybridized carbons (Fsp3) is 0.909. The summed E-state index contributed by atoms with van der Waals surface area (Å²) >= 11 is 0. The van der Waals surface area contributed by atoms with Crippen LogP contribution in [0, 0.1) is 31.6 Å². The molecule has 8 heteroatoms. The van der Waals surface area contributed by atoms with Crippen LogP contribution in [-0.2, 0) is 4.79 Å². The van der Waals surface area contributed by atoms with Gasteiger partial charge in [0.05, 0.1) is 11.8 Å². The van der Waals surface area contributed by atoms with Crippen molar-refractivity contribution in [2.24, 2.45) is 11.3 Å². The zero-order chi connectivity index (χ0) is 14.1. The van der Waals surface area contributed by atoms with E-state index in [1.54, 1.807) is 0 Å². The molecule has 4 saturated carbocycles. The molecular formula is C11H14N2O6. The van der Waals surface area contributed by atoms with Crippen LogP contribution < -0.4 is 0 Å². The van der Waals surface area contributed by atoms with Crippen molar-refractivity contribution in [2.75, 3.05) is 0 Å². The summed E-state index contributed by atoms with van der Waals surface area (Å²) in [4.78, 5) is 33.4. The van der Waals surface area contributed by atoms with Crippen molar-refractivity contribution in [1.82, 2.24) is 0 Å². The molecule has 4 bridgehead atoms. The molecule has 4 aliphatic carbocycles. The third-order valence-corrected chi connectivity index (χ3v) is 5.24. The average Bonchev–Trinajstić information content (AvgIpc) is 2.26. The van der Waals surface area contributed by atoms with Crippen LogP contribution in [-0.4, -0.2) is 32.0 Å². The van der Waals surface area contributed by atoms with Gasteiger partial charge in [0.2, 0.25) is 11.1 Å². The van der Waals surface area contributed by atoms with Gasteiger partial charge < -0.3 is 5.11 Å². The van der Waals surface area contributed by atoms with Gasteiger partial charge in [0.15, 0.2) is 0 Å². The molecule has 0 aromatic carbocycles. The van der Waals surface area contributed by atoms with Gasteiger partial charge >= 0.3 is 5.97 Å². The summed E-state index contributed by atoms with van der Waals surface area (Å²) in [5, 5.41) is 32.2. The predicted molar refractivity (Wildman–Crippen MR) is 60.7 cm³/mol. The maximum atomic E-state index is 11.5. The zero-order valence-electron chi connectivity index (χ0n) is 10.2. The molecule has 0 spiro atoms. The summed E-state index contributed by atoms with van der Waals surface area (Å²) in [6, 6.07) is 0. The quantitative estimate of drug-likeness (QED) is 0.604. The Morgan fingerprint density at radius 1 is 1.00 bits per heavy atom. The monoisotopic (exact) mass is 270 g/mol. The molecule has 0 radical (unpaired) electrons. The highest BCUT2D eigenvalue weighted by Gasteiger charge is 2.75. The van der Waals surface area contributed by atoms with E-state index in [4.69, 9.17) is 0 Å². The van der Waals surface area contributed by atoms with Crippen LogP contribution in [0.5, 0.6) is 0 Å². The number of rotatable bonds is 3. The normalized spacial score (nSPS) is 47.1. The molecule has 2 atom stereocenters. The Kier molecular flexibility index (Phi) is 2.09. The number of carbonyl (C=O) groups is 1. The van der Waals surface area contributed by atoms with E-state index in [2.05, 4.69) is 0 Å². The molecule has 4 rings (SSSR count). The molecule has 0 aromatic rings. The second kappa shape index (κ2) is 3.23. The summed E-state index contributed by atoms with van der Waals surface area (Å²) in [5.74, 6) is -1.34. The van der Waals surface area contributed by atoms with E-state index in [1.165, 1.54) is 0 Å². The standard InChI is InChI=1S/C11H14N2O6/c14-8(15)9-1-7-2-10(4-9,12(16)17)6-11(3-7,5-9)13(18)19/h7H,1-6H2,(H,14,15). The van der Waals surface area contributed by atoms with Crippen LogP contribution in [0.15, 0.2) is 0 Å². The molecular weight excluding hydrogens is 256 g/mol. The van der Waals surface area contributed by atoms with E-state index in [0.29, 0.717) is 6.42 Å². The van der Waals surface area contributed by atoms with Crippen molar-refractivity contribution >= 4 is 5.97 Å². The summed E-state index contributed by atoms with van der Waals surface area (Å²) in [6.07, 6.45) is 0.664. The minimum atomic E-state index is -1.41. The Morgan fingerprint density at radius 2 is 1.47 bits per heavy atom. The Morgan fingerprint density at radius 3 is 1.84 bits per heavy atom. The van der Waals surface area contributed by atoms with Crippen LogP contribution in [0.2, 0.25) is 0 Å². The second-order valence-electron chi connectivity index (χ2n) is 6.56. The molecule has 104 valence electrons. The number of hydrogen-bond donors (Lipinski definition) is 1. The number of aliphatic carboxylic acids is 1. The lowest BCUT2D eigenvalue weighted by molar-refractivity contribution is -0.647. The largest absolute Gasteiger partial charge is 0.481 e. The highest BCUT2D eigenvalue weighted by atomic mass is 16.6. The second-order valence-corrected chi connectivity index (χ2v) is 6.56. The van der Waals surface area contributed by atoms with Crippen LogP contribution >= 0.6 is 0 Å². The van der Waals surface area contributed by atoms with Gasteiger partial charge in [-0.05, 0) is 12.3 Å². The van der Waals surface area contributed by atoms with Crippen LogP contribution in [0.25, 0.3) is 0 Å². The first-order chi connectivity index (χ1) is 8.74. The summed E-state index contributed by atoms with van der Waals surface area (Å²) in [5.41, 5.74) is -4.10. The van der Waals surface area contributed by atoms with Gasteiger partial charge in [0.1, 0.15) is 0 Å². The van der Waals surface area contributed by atoms with Gasteiger partial charge in [0, 0.05) is 35.5 Å². The van der Waals surface area contributed by atoms with Crippen LogP contribution in [0.4, 0.5) is 0 Å². The van der Waals surface area contributed by atoms with Crippen LogP contribution in [0.3, 0.4) is 0 Å². The van der Waals surface area contributed by atoms with Crippen molar-refractivity contribution in [3.63, 3.8) is 0 Å². The highest BCUT2D eigenvalue weighted by molar-refractivity contribution is 5.76. The topological polar surface area (TPSA) is 124 Å². The third-order valence-electron chi connectivity index (χ3n) is 5.24. The minimum Gasteiger partial charge on any atom is -0.481 e. The molecule has 19 heavy (non-hydrogen) atoms. The fourth-order valence-corrected chi connectivity index (χ4v) is 4.98. The van der Waals surface area contributed by atoms with Crippen molar-refractivity contribution in [2.45, 2.75) is 49.6 Å². The number of hydrogen-bond acceptors (Lipinski definition) is 5. The molecule has 0 amide bonds. The molecule has 0 heterocycles. The number of nitrogens with zero attached hydrogens (tertiary/aromatic N) is 2. The number of nitro groups is 2. The fourth-order valence-electron chi connectivity index (χ4n) is 4.98. The molecule has 2 unspecified atom stereocenters. The van der Waals surface area contributed by atoms with E-state index in [-0.39, 0.29) is 38.0 Å². The van der Waals surface area contributed by atoms with Gasteiger partial charge in [-0.1, -0.05) is 0 Å². The van der Waals surface area contributed by atoms with Gasteiger partial charge in [-0.3, -0.25) is 25.0 Å². The molecule has 1 N–H and O–H groups in total. The first-order valence-electron chi connectivity index (χ1n) is 6.26. The minimum absolute atomic E-state index is 0.0611. The Hall–Kier alpha value is -1.73. The molecule has 0 aromatic heterocycles. The Labute approximate surface area is 108 Å². The first-order valence-corrected chi connectivity index (χ1v) is 6.26. The molecule has 0 aliphatic heterocycles. The van der Waals surface area contributed by atoms with Crippen molar-refractivity contribution in [3.8, 4) is 0 Å². The Bertz CT molecular complexity index is 424. The summed E-state index contributed by atoms with van der Waals surface area (Å²) in [7, 11) is 0. The van der Waals surface area contributed by atoms with Crippen molar-refractivity contribution in [3.05, 3.63) is 20.2 Å². The Balaban J connectivity index is 2.13. The predicted octanol–water partition coefficient (Wildman–Crippen LogP) is 1.09. The molecule has 0 saturated heterocycles. The number of carboxylic acid groups (broad SMARTS) is 1. The number of carboxylic acids is 1. The maximum Gasteiger partial charge on any atom is 0.310 e. The van der Waals surface area contributed by atoms with Gasteiger partial charge in [-0.15, -0.1) is 0 Å². The lowest BCUT2D eigenvalue weighted by atomic mass is 9.44. The van der Waals surface area contributed by atoms with Crippen LogP contribution in [0.1, 0.15) is 38.5 Å². The molecule has 4 fully saturated rings. The summed E-state index contributed by atoms with van der Waals surface area (Å²) in [6.45, 7) is 0. The van der Waals surface area contributed by atoms with E-state index < -0.39 is 32.3 Å². The van der Waals surface area contributed by atoms with Gasteiger partial charge in [-0.2, -0.15) is 0 Å². The van der Waals surface area contributed by atoms with E-state index in [0.717, 1.165) is 0 Å². The molecule has 8 nitrogen and oxygen atoms in total. The van der Waals surface area contributed by atoms with Gasteiger partial charge in [0.25, 0.3) is 0 Å². The van der Waals surface area contributed by atoms with E-state index in [9.17, 15) is 30.1 Å². The smallest absolute Gasteiger partial charge is 0.310 e. The first kappa shape index (κ1) is 12.3. The van der Waals surface area contributed by atoms with E-state index >= 15 is 0 Å². The SMILES string of the molecule is O=C(O)C12CC3CC([N+](=O)[O-])(C1)CC([N+](=O)[O-])(C3)C2. The van der Waals surface area contributed by atoms with E-state index in [1.807, 2.05) is 0 Å². The highest BCUT2D eigenvalue weighted by Crippen LogP contribution is 2.64. The maximum absolute atomic E-state index is 11.5. The van der Waals surface area contributed by atoms with Gasteiger partial charge in [-0.25, -0.2) is 0 Å². The molecule has 4 aliphatic rings. The average molecular weight is 270 g/mol. The third kappa shape index (κ3) is 1.36.